The van der Waals surface area contributed by atoms with Crippen LogP contribution in [0.5, 0.6) is 5.75 Å². The second-order valence-corrected chi connectivity index (χ2v) is 8.35. The van der Waals surface area contributed by atoms with Gasteiger partial charge in [-0.1, -0.05) is 91.0 Å². The summed E-state index contributed by atoms with van der Waals surface area (Å²) in [6.45, 7) is 0.345. The second kappa shape index (κ2) is 10.7. The van der Waals surface area contributed by atoms with Crippen LogP contribution < -0.4 is 4.74 Å². The van der Waals surface area contributed by atoms with Crippen molar-refractivity contribution in [2.24, 2.45) is 0 Å². The molecule has 4 aromatic carbocycles. The Bertz CT molecular complexity index is 1400. The number of benzene rings is 4. The van der Waals surface area contributed by atoms with Crippen LogP contribution in [0, 0.1) is 0 Å². The van der Waals surface area contributed by atoms with E-state index in [-0.39, 0.29) is 6.42 Å². The first-order valence-corrected chi connectivity index (χ1v) is 11.8. The van der Waals surface area contributed by atoms with E-state index in [1.165, 1.54) is 0 Å². The highest BCUT2D eigenvalue weighted by molar-refractivity contribution is 5.84. The summed E-state index contributed by atoms with van der Waals surface area (Å²) in [5, 5.41) is 8.84. The van der Waals surface area contributed by atoms with Crippen LogP contribution in [0.25, 0.3) is 45.2 Å². The fourth-order valence-electron chi connectivity index (χ4n) is 4.10. The molecule has 0 aliphatic heterocycles. The molecule has 0 saturated carbocycles. The summed E-state index contributed by atoms with van der Waals surface area (Å²) in [4.78, 5) is 15.7. The van der Waals surface area contributed by atoms with Crippen LogP contribution in [0.3, 0.4) is 0 Å². The van der Waals surface area contributed by atoms with Gasteiger partial charge in [-0.15, -0.1) is 0 Å². The third-order valence-electron chi connectivity index (χ3n) is 5.82. The van der Waals surface area contributed by atoms with Gasteiger partial charge in [-0.05, 0) is 35.7 Å². The van der Waals surface area contributed by atoms with Crippen molar-refractivity contribution in [3.63, 3.8) is 0 Å². The Labute approximate surface area is 209 Å². The van der Waals surface area contributed by atoms with Crippen molar-refractivity contribution < 1.29 is 19.1 Å². The number of hydrogen-bond donors (Lipinski definition) is 1. The lowest BCUT2D eigenvalue weighted by molar-refractivity contribution is -0.137. The topological polar surface area (TPSA) is 72.6 Å². The van der Waals surface area contributed by atoms with Crippen LogP contribution >= 0.6 is 0 Å². The van der Waals surface area contributed by atoms with Gasteiger partial charge in [0.2, 0.25) is 5.89 Å². The van der Waals surface area contributed by atoms with Crippen molar-refractivity contribution in [1.82, 2.24) is 4.98 Å². The minimum Gasteiger partial charge on any atom is -0.494 e. The number of carboxylic acids is 1. The van der Waals surface area contributed by atoms with Crippen molar-refractivity contribution in [3.8, 4) is 50.9 Å². The molecule has 178 valence electrons. The Kier molecular flexibility index (Phi) is 6.90. The molecule has 1 N–H and O–H groups in total. The van der Waals surface area contributed by atoms with E-state index in [9.17, 15) is 4.79 Å². The molecule has 0 unspecified atom stereocenters. The van der Waals surface area contributed by atoms with Crippen LogP contribution in [-0.2, 0) is 4.79 Å². The van der Waals surface area contributed by atoms with E-state index in [0.717, 1.165) is 39.3 Å². The molecular formula is C31H25NO4. The molecule has 0 atom stereocenters. The Balaban J connectivity index is 1.53. The van der Waals surface area contributed by atoms with Crippen molar-refractivity contribution in [1.29, 1.82) is 0 Å². The number of ether oxygens (including phenoxy) is 1. The van der Waals surface area contributed by atoms with E-state index in [1.54, 1.807) is 0 Å². The number of rotatable bonds is 9. The van der Waals surface area contributed by atoms with E-state index < -0.39 is 5.97 Å². The predicted molar refractivity (Wildman–Crippen MR) is 141 cm³/mol. The molecule has 0 aliphatic carbocycles. The van der Waals surface area contributed by atoms with Crippen LogP contribution in [0.15, 0.2) is 114 Å². The molecule has 0 radical (unpaired) electrons. The first kappa shape index (κ1) is 23.1. The molecule has 0 amide bonds. The summed E-state index contributed by atoms with van der Waals surface area (Å²) in [6.07, 6.45) is 0.539. The molecule has 36 heavy (non-hydrogen) atoms. The van der Waals surface area contributed by atoms with E-state index in [4.69, 9.17) is 19.2 Å². The second-order valence-electron chi connectivity index (χ2n) is 8.35. The Morgan fingerprint density at radius 2 is 1.39 bits per heavy atom. The van der Waals surface area contributed by atoms with Gasteiger partial charge in [0.1, 0.15) is 11.4 Å². The maximum atomic E-state index is 10.8. The average Bonchev–Trinajstić information content (AvgIpc) is 3.38. The number of aromatic nitrogens is 1. The SMILES string of the molecule is O=C(O)CCCOc1cccc(-c2ccccc2-c2nc(-c3ccccc3)c(-c3ccccc3)o2)c1. The quantitative estimate of drug-likeness (QED) is 0.222. The van der Waals surface area contributed by atoms with Crippen LogP contribution in [0.1, 0.15) is 12.8 Å². The van der Waals surface area contributed by atoms with Gasteiger partial charge in [0.25, 0.3) is 0 Å². The standard InChI is InChI=1S/C31H25NO4/c33-28(34)19-10-20-35-25-16-9-15-24(21-25)26-17-7-8-18-27(26)31-32-29(22-11-3-1-4-12-22)30(36-31)23-13-5-2-6-14-23/h1-9,11-18,21H,10,19-20H2,(H,33,34). The van der Waals surface area contributed by atoms with Gasteiger partial charge >= 0.3 is 5.97 Å². The van der Waals surface area contributed by atoms with Crippen LogP contribution in [0.4, 0.5) is 0 Å². The number of oxazole rings is 1. The number of nitrogens with zero attached hydrogens (tertiary/aromatic N) is 1. The zero-order valence-electron chi connectivity index (χ0n) is 19.6. The van der Waals surface area contributed by atoms with Crippen molar-refractivity contribution >= 4 is 5.97 Å². The third-order valence-corrected chi connectivity index (χ3v) is 5.82. The summed E-state index contributed by atoms with van der Waals surface area (Å²) >= 11 is 0. The molecule has 5 heteroatoms. The molecule has 0 saturated heterocycles. The largest absolute Gasteiger partial charge is 0.494 e. The molecule has 5 aromatic rings. The Morgan fingerprint density at radius 1 is 0.750 bits per heavy atom. The van der Waals surface area contributed by atoms with Gasteiger partial charge in [-0.3, -0.25) is 4.79 Å². The van der Waals surface area contributed by atoms with Gasteiger partial charge in [-0.2, -0.15) is 0 Å². The van der Waals surface area contributed by atoms with Gasteiger partial charge in [0.15, 0.2) is 5.76 Å². The highest BCUT2D eigenvalue weighted by Crippen LogP contribution is 2.39. The van der Waals surface area contributed by atoms with E-state index in [0.29, 0.717) is 24.7 Å². The number of carboxylic acid groups (broad SMARTS) is 1. The molecule has 0 aliphatic rings. The minimum absolute atomic E-state index is 0.0835. The number of aliphatic carboxylic acids is 1. The maximum Gasteiger partial charge on any atom is 0.303 e. The minimum atomic E-state index is -0.822. The number of carbonyl (C=O) groups is 1. The molecule has 5 nitrogen and oxygen atoms in total. The maximum absolute atomic E-state index is 10.8. The lowest BCUT2D eigenvalue weighted by atomic mass is 9.99. The van der Waals surface area contributed by atoms with Gasteiger partial charge < -0.3 is 14.3 Å². The summed E-state index contributed by atoms with van der Waals surface area (Å²) in [7, 11) is 0. The molecule has 0 fully saturated rings. The molecule has 1 heterocycles. The number of hydrogen-bond acceptors (Lipinski definition) is 4. The van der Waals surface area contributed by atoms with Crippen molar-refractivity contribution in [3.05, 3.63) is 109 Å². The Hall–Kier alpha value is -4.64. The van der Waals surface area contributed by atoms with Crippen LogP contribution in [0.2, 0.25) is 0 Å². The average molecular weight is 476 g/mol. The van der Waals surface area contributed by atoms with E-state index in [2.05, 4.69) is 0 Å². The lowest BCUT2D eigenvalue weighted by Crippen LogP contribution is -2.02. The molecular weight excluding hydrogens is 450 g/mol. The molecule has 5 rings (SSSR count). The monoisotopic (exact) mass is 475 g/mol. The van der Waals surface area contributed by atoms with E-state index >= 15 is 0 Å². The molecule has 1 aromatic heterocycles. The molecule has 0 bridgehead atoms. The third kappa shape index (κ3) is 5.20. The lowest BCUT2D eigenvalue weighted by Gasteiger charge is -2.10. The summed E-state index contributed by atoms with van der Waals surface area (Å²) in [6, 6.07) is 35.8. The fourth-order valence-corrected chi connectivity index (χ4v) is 4.10. The van der Waals surface area contributed by atoms with Crippen LogP contribution in [-0.4, -0.2) is 22.7 Å². The highest BCUT2D eigenvalue weighted by Gasteiger charge is 2.20. The van der Waals surface area contributed by atoms with Gasteiger partial charge in [-0.25, -0.2) is 4.98 Å². The smallest absolute Gasteiger partial charge is 0.303 e. The molecule has 0 spiro atoms. The van der Waals surface area contributed by atoms with Gasteiger partial charge in [0, 0.05) is 23.1 Å². The first-order valence-electron chi connectivity index (χ1n) is 11.8. The van der Waals surface area contributed by atoms with Crippen molar-refractivity contribution in [2.45, 2.75) is 12.8 Å². The fraction of sp³-hybridized carbons (Fsp3) is 0.0968. The highest BCUT2D eigenvalue weighted by atomic mass is 16.5. The summed E-state index contributed by atoms with van der Waals surface area (Å²) < 4.78 is 12.2. The normalized spacial score (nSPS) is 10.8. The predicted octanol–water partition coefficient (Wildman–Crippen LogP) is 7.59. The zero-order valence-corrected chi connectivity index (χ0v) is 19.6. The van der Waals surface area contributed by atoms with Gasteiger partial charge in [0.05, 0.1) is 6.61 Å². The van der Waals surface area contributed by atoms with E-state index in [1.807, 2.05) is 109 Å². The van der Waals surface area contributed by atoms with Crippen molar-refractivity contribution in [2.75, 3.05) is 6.61 Å². The first-order chi connectivity index (χ1) is 17.7. The summed E-state index contributed by atoms with van der Waals surface area (Å²) in [5.41, 5.74) is 5.54. The zero-order chi connectivity index (χ0) is 24.7. The summed E-state index contributed by atoms with van der Waals surface area (Å²) in [5.74, 6) is 1.13. The Morgan fingerprint density at radius 3 is 2.11 bits per heavy atom.